The van der Waals surface area contributed by atoms with E-state index in [1.807, 2.05) is 12.1 Å². The lowest BCUT2D eigenvalue weighted by atomic mass is 10.2. The van der Waals surface area contributed by atoms with Gasteiger partial charge in [0.2, 0.25) is 0 Å². The third-order valence-corrected chi connectivity index (χ3v) is 2.26. The summed E-state index contributed by atoms with van der Waals surface area (Å²) in [5.41, 5.74) is 0. The fourth-order valence-electron chi connectivity index (χ4n) is 1.49. The first-order valence-electron chi connectivity index (χ1n) is 5.18. The molecule has 0 atom stereocenters. The number of unbranched alkanes of at least 4 members (excludes halogenated alkanes) is 1. The Hall–Kier alpha value is -1.71. The first-order valence-corrected chi connectivity index (χ1v) is 5.18. The van der Waals surface area contributed by atoms with Crippen molar-refractivity contribution in [1.82, 2.24) is 19.7 Å². The smallest absolute Gasteiger partial charge is 0.150 e. The summed E-state index contributed by atoms with van der Waals surface area (Å²) in [6, 6.07) is 4.09. The molecule has 2 heterocycles. The quantitative estimate of drug-likeness (QED) is 0.693. The fraction of sp³-hybridized carbons (Fsp3) is 0.364. The van der Waals surface area contributed by atoms with Gasteiger partial charge in [0.25, 0.3) is 0 Å². The molecular weight excluding hydrogens is 188 g/mol. The van der Waals surface area contributed by atoms with Gasteiger partial charge in [0.15, 0.2) is 5.82 Å². The number of hydrogen-bond donors (Lipinski definition) is 0. The van der Waals surface area contributed by atoms with Crippen LogP contribution in [0.4, 0.5) is 0 Å². The second-order valence-corrected chi connectivity index (χ2v) is 3.44. The van der Waals surface area contributed by atoms with Crippen LogP contribution in [0.5, 0.6) is 0 Å². The molecule has 2 rings (SSSR count). The Bertz CT molecular complexity index is 369. The molecule has 0 aliphatic carbocycles. The summed E-state index contributed by atoms with van der Waals surface area (Å²) in [6.45, 7) is 1.06. The Kier molecular flexibility index (Phi) is 3.43. The summed E-state index contributed by atoms with van der Waals surface area (Å²) in [7, 11) is 0. The predicted molar refractivity (Wildman–Crippen MR) is 57.2 cm³/mol. The number of nitrogens with zero attached hydrogens (tertiary/aromatic N) is 4. The molecule has 0 saturated heterocycles. The molecule has 0 bridgehead atoms. The molecule has 0 fully saturated rings. The molecule has 0 aromatic carbocycles. The maximum absolute atomic E-state index is 4.13. The highest BCUT2D eigenvalue weighted by Gasteiger charge is 1.96. The van der Waals surface area contributed by atoms with Gasteiger partial charge in [0, 0.05) is 31.6 Å². The van der Waals surface area contributed by atoms with Crippen LogP contribution in [-0.4, -0.2) is 19.7 Å². The summed E-state index contributed by atoms with van der Waals surface area (Å²) >= 11 is 0. The van der Waals surface area contributed by atoms with E-state index in [0.717, 1.165) is 31.6 Å². The zero-order valence-electron chi connectivity index (χ0n) is 8.58. The minimum atomic E-state index is 0.838. The van der Waals surface area contributed by atoms with Gasteiger partial charge in [-0.25, -0.2) is 4.98 Å². The van der Waals surface area contributed by atoms with Crippen molar-refractivity contribution in [3.8, 4) is 0 Å². The van der Waals surface area contributed by atoms with E-state index in [2.05, 4.69) is 32.1 Å². The monoisotopic (exact) mass is 202 g/mol. The van der Waals surface area contributed by atoms with Crippen LogP contribution in [0.25, 0.3) is 0 Å². The third kappa shape index (κ3) is 3.16. The van der Waals surface area contributed by atoms with E-state index in [-0.39, 0.29) is 0 Å². The molecule has 0 saturated carbocycles. The Morgan fingerprint density at radius 3 is 2.67 bits per heavy atom. The average Bonchev–Trinajstić information content (AvgIpc) is 2.79. The van der Waals surface area contributed by atoms with E-state index in [1.54, 1.807) is 12.4 Å². The second kappa shape index (κ2) is 5.24. The van der Waals surface area contributed by atoms with Crippen LogP contribution in [0.1, 0.15) is 18.7 Å². The van der Waals surface area contributed by atoms with E-state index in [9.17, 15) is 0 Å². The van der Waals surface area contributed by atoms with Gasteiger partial charge in [0.05, 0.1) is 6.20 Å². The lowest BCUT2D eigenvalue weighted by Gasteiger charge is -2.01. The van der Waals surface area contributed by atoms with Crippen molar-refractivity contribution in [2.75, 3.05) is 0 Å². The molecule has 0 aliphatic rings. The Morgan fingerprint density at radius 2 is 1.93 bits per heavy atom. The van der Waals surface area contributed by atoms with Crippen LogP contribution >= 0.6 is 0 Å². The summed E-state index contributed by atoms with van der Waals surface area (Å²) in [5, 5.41) is 7.74. The fourth-order valence-corrected chi connectivity index (χ4v) is 1.49. The van der Waals surface area contributed by atoms with Gasteiger partial charge < -0.3 is 4.57 Å². The minimum Gasteiger partial charge on any atom is -0.354 e. The molecule has 78 valence electrons. The summed E-state index contributed by atoms with van der Waals surface area (Å²) in [6.07, 6.45) is 10.6. The standard InChI is InChI=1S/C11H14N4/c1(2-8-15-9-3-4-10-15)5-11-12-6-7-13-14-11/h3-4,6-7,9-10H,1-2,5,8H2. The molecule has 15 heavy (non-hydrogen) atoms. The predicted octanol–water partition coefficient (Wildman–Crippen LogP) is 1.70. The lowest BCUT2D eigenvalue weighted by Crippen LogP contribution is -1.99. The molecule has 0 spiro atoms. The molecular formula is C11H14N4. The van der Waals surface area contributed by atoms with Crippen molar-refractivity contribution in [2.24, 2.45) is 0 Å². The molecule has 0 N–H and O–H groups in total. The number of aryl methyl sites for hydroxylation is 2. The van der Waals surface area contributed by atoms with E-state index >= 15 is 0 Å². The van der Waals surface area contributed by atoms with Crippen LogP contribution < -0.4 is 0 Å². The molecule has 2 aromatic heterocycles. The van der Waals surface area contributed by atoms with Gasteiger partial charge in [0.1, 0.15) is 0 Å². The van der Waals surface area contributed by atoms with E-state index in [4.69, 9.17) is 0 Å². The summed E-state index contributed by atoms with van der Waals surface area (Å²) < 4.78 is 2.18. The first-order chi connectivity index (χ1) is 7.45. The largest absolute Gasteiger partial charge is 0.354 e. The highest BCUT2D eigenvalue weighted by molar-refractivity contribution is 4.90. The molecule has 4 heteroatoms. The molecule has 0 unspecified atom stereocenters. The normalized spacial score (nSPS) is 10.4. The van der Waals surface area contributed by atoms with Gasteiger partial charge >= 0.3 is 0 Å². The average molecular weight is 202 g/mol. The lowest BCUT2D eigenvalue weighted by molar-refractivity contribution is 0.599. The van der Waals surface area contributed by atoms with Gasteiger partial charge in [-0.05, 0) is 25.0 Å². The molecule has 4 nitrogen and oxygen atoms in total. The number of aromatic nitrogens is 4. The maximum atomic E-state index is 4.13. The van der Waals surface area contributed by atoms with Crippen molar-refractivity contribution in [3.05, 3.63) is 42.7 Å². The highest BCUT2D eigenvalue weighted by atomic mass is 15.1. The van der Waals surface area contributed by atoms with Crippen LogP contribution in [-0.2, 0) is 13.0 Å². The zero-order valence-corrected chi connectivity index (χ0v) is 8.58. The summed E-state index contributed by atoms with van der Waals surface area (Å²) in [5.74, 6) is 0.838. The number of hydrogen-bond acceptors (Lipinski definition) is 3. The number of rotatable bonds is 5. The minimum absolute atomic E-state index is 0.838. The second-order valence-electron chi connectivity index (χ2n) is 3.44. The van der Waals surface area contributed by atoms with Crippen molar-refractivity contribution in [2.45, 2.75) is 25.8 Å². The van der Waals surface area contributed by atoms with Gasteiger partial charge in [-0.3, -0.25) is 0 Å². The van der Waals surface area contributed by atoms with Crippen molar-refractivity contribution in [1.29, 1.82) is 0 Å². The summed E-state index contributed by atoms with van der Waals surface area (Å²) in [4.78, 5) is 4.13. The van der Waals surface area contributed by atoms with Crippen LogP contribution in [0.2, 0.25) is 0 Å². The highest BCUT2D eigenvalue weighted by Crippen LogP contribution is 2.00. The Labute approximate surface area is 89.0 Å². The molecule has 0 aliphatic heterocycles. The Balaban J connectivity index is 1.68. The van der Waals surface area contributed by atoms with E-state index < -0.39 is 0 Å². The molecule has 0 radical (unpaired) electrons. The van der Waals surface area contributed by atoms with Crippen molar-refractivity contribution >= 4 is 0 Å². The Morgan fingerprint density at radius 1 is 1.07 bits per heavy atom. The van der Waals surface area contributed by atoms with Crippen molar-refractivity contribution in [3.63, 3.8) is 0 Å². The third-order valence-electron chi connectivity index (χ3n) is 2.26. The molecule has 0 amide bonds. The zero-order chi connectivity index (χ0) is 10.3. The topological polar surface area (TPSA) is 43.6 Å². The maximum Gasteiger partial charge on any atom is 0.150 e. The molecule has 2 aromatic rings. The van der Waals surface area contributed by atoms with Gasteiger partial charge in [-0.1, -0.05) is 0 Å². The van der Waals surface area contributed by atoms with E-state index in [1.165, 1.54) is 0 Å². The van der Waals surface area contributed by atoms with Crippen LogP contribution in [0, 0.1) is 0 Å². The first kappa shape index (κ1) is 9.83. The van der Waals surface area contributed by atoms with Crippen LogP contribution in [0.15, 0.2) is 36.9 Å². The van der Waals surface area contributed by atoms with Crippen molar-refractivity contribution < 1.29 is 0 Å². The van der Waals surface area contributed by atoms with E-state index in [0.29, 0.717) is 0 Å². The van der Waals surface area contributed by atoms with Gasteiger partial charge in [-0.15, -0.1) is 5.10 Å². The van der Waals surface area contributed by atoms with Gasteiger partial charge in [-0.2, -0.15) is 5.10 Å². The SMILES string of the molecule is c1ccn(CCCCc2nccnn2)c1. The van der Waals surface area contributed by atoms with Crippen LogP contribution in [0.3, 0.4) is 0 Å².